The molecule has 1 fully saturated rings. The molecular formula is C22H31N3O8. The molecule has 182 valence electrons. The average molecular weight is 466 g/mol. The molecule has 11 nitrogen and oxygen atoms in total. The Morgan fingerprint density at radius 2 is 1.94 bits per heavy atom. The van der Waals surface area contributed by atoms with Crippen LogP contribution in [0.25, 0.3) is 0 Å². The van der Waals surface area contributed by atoms with E-state index in [1.54, 1.807) is 34.6 Å². The predicted molar refractivity (Wildman–Crippen MR) is 115 cm³/mol. The highest BCUT2D eigenvalue weighted by molar-refractivity contribution is 5.97. The van der Waals surface area contributed by atoms with Crippen molar-refractivity contribution in [3.63, 3.8) is 0 Å². The summed E-state index contributed by atoms with van der Waals surface area (Å²) in [4.78, 5) is 54.2. The number of nitrogens with one attached hydrogen (secondary N) is 2. The minimum absolute atomic E-state index is 0.256. The third-order valence-corrected chi connectivity index (χ3v) is 4.95. The summed E-state index contributed by atoms with van der Waals surface area (Å²) in [6.45, 7) is 9.58. The summed E-state index contributed by atoms with van der Waals surface area (Å²) in [6, 6.07) is 0.162. The second-order valence-corrected chi connectivity index (χ2v) is 8.88. The van der Waals surface area contributed by atoms with Crippen LogP contribution in [-0.2, 0) is 23.8 Å². The van der Waals surface area contributed by atoms with E-state index in [2.05, 4.69) is 15.6 Å². The van der Waals surface area contributed by atoms with Crippen molar-refractivity contribution in [2.45, 2.75) is 71.8 Å². The molecule has 4 atom stereocenters. The molecule has 0 radical (unpaired) electrons. The van der Waals surface area contributed by atoms with Crippen LogP contribution < -0.4 is 10.6 Å². The van der Waals surface area contributed by atoms with Crippen LogP contribution in [0.5, 0.6) is 5.75 Å². The molecular weight excluding hydrogens is 434 g/mol. The molecule has 0 aliphatic carbocycles. The van der Waals surface area contributed by atoms with E-state index in [9.17, 15) is 24.3 Å². The first-order valence-electron chi connectivity index (χ1n) is 10.7. The van der Waals surface area contributed by atoms with Crippen molar-refractivity contribution < 1.29 is 38.5 Å². The summed E-state index contributed by atoms with van der Waals surface area (Å²) >= 11 is 0. The van der Waals surface area contributed by atoms with Gasteiger partial charge in [-0.1, -0.05) is 6.92 Å². The largest absolute Gasteiger partial charge is 0.505 e. The Morgan fingerprint density at radius 1 is 1.27 bits per heavy atom. The van der Waals surface area contributed by atoms with E-state index in [1.165, 1.54) is 19.2 Å². The van der Waals surface area contributed by atoms with Crippen LogP contribution in [0.3, 0.4) is 0 Å². The molecule has 0 aromatic carbocycles. The van der Waals surface area contributed by atoms with E-state index in [-0.39, 0.29) is 17.9 Å². The van der Waals surface area contributed by atoms with Gasteiger partial charge in [0.25, 0.3) is 5.91 Å². The number of hydrogen-bond donors (Lipinski definition) is 3. The quantitative estimate of drug-likeness (QED) is 0.444. The second kappa shape index (κ2) is 10.5. The molecule has 1 aliphatic heterocycles. The third-order valence-electron chi connectivity index (χ3n) is 4.95. The maximum absolute atomic E-state index is 12.7. The fraction of sp³-hybridized carbons (Fsp3) is 0.591. The maximum Gasteiger partial charge on any atom is 0.407 e. The number of ether oxygens (including phenoxy) is 3. The minimum atomic E-state index is -1.36. The Bertz CT molecular complexity index is 911. The fourth-order valence-corrected chi connectivity index (χ4v) is 3.21. The van der Waals surface area contributed by atoms with E-state index in [1.807, 2.05) is 0 Å². The molecule has 0 saturated carbocycles. The van der Waals surface area contributed by atoms with E-state index in [0.717, 1.165) is 0 Å². The van der Waals surface area contributed by atoms with Crippen molar-refractivity contribution in [3.8, 4) is 5.75 Å². The van der Waals surface area contributed by atoms with Gasteiger partial charge in [0.2, 0.25) is 0 Å². The van der Waals surface area contributed by atoms with E-state index < -0.39 is 60.3 Å². The van der Waals surface area contributed by atoms with Crippen LogP contribution in [-0.4, -0.2) is 64.4 Å². The zero-order valence-corrected chi connectivity index (χ0v) is 19.6. The normalized spacial score (nSPS) is 23.8. The lowest BCUT2D eigenvalue weighted by atomic mass is 9.95. The first-order valence-corrected chi connectivity index (χ1v) is 10.7. The molecule has 1 aromatic heterocycles. The van der Waals surface area contributed by atoms with Gasteiger partial charge in [-0.2, -0.15) is 0 Å². The molecule has 3 N–H and O–H groups in total. The SMILES string of the molecule is CC[C@H]1C(=O)OC[C@H](NC(=O)c2nccc(C)c2O)C(=O)O[C@@H](C)[C@@H]1OC(=O)NC(C)(C)C. The molecule has 1 aliphatic rings. The number of amides is 2. The smallest absolute Gasteiger partial charge is 0.407 e. The van der Waals surface area contributed by atoms with Crippen molar-refractivity contribution in [1.29, 1.82) is 0 Å². The van der Waals surface area contributed by atoms with Gasteiger partial charge in [0, 0.05) is 11.7 Å². The highest BCUT2D eigenvalue weighted by Gasteiger charge is 2.41. The first-order chi connectivity index (χ1) is 15.3. The number of carbonyl (C=O) groups is 4. The number of esters is 2. The molecule has 0 unspecified atom stereocenters. The number of hydrogen-bond acceptors (Lipinski definition) is 9. The summed E-state index contributed by atoms with van der Waals surface area (Å²) < 4.78 is 16.1. The number of carbonyl (C=O) groups excluding carboxylic acids is 4. The van der Waals surface area contributed by atoms with Gasteiger partial charge < -0.3 is 30.0 Å². The van der Waals surface area contributed by atoms with Gasteiger partial charge in [-0.05, 0) is 52.7 Å². The topological polar surface area (TPSA) is 153 Å². The predicted octanol–water partition coefficient (Wildman–Crippen LogP) is 1.60. The van der Waals surface area contributed by atoms with Crippen LogP contribution in [0, 0.1) is 12.8 Å². The lowest BCUT2D eigenvalue weighted by Crippen LogP contribution is -2.48. The van der Waals surface area contributed by atoms with Crippen molar-refractivity contribution in [3.05, 3.63) is 23.5 Å². The standard InChI is InChI=1S/C22H31N3O8/c1-7-13-17(33-21(30)25-22(4,5)6)12(3)32-20(29)14(10-31-19(13)28)24-18(27)15-16(26)11(2)8-9-23-15/h8-9,12-14,17,26H,7,10H2,1-6H3,(H,24,27)(H,25,30)/t12-,13+,14-,17-/m0/s1. The van der Waals surface area contributed by atoms with Crippen molar-refractivity contribution >= 4 is 23.9 Å². The number of nitrogens with zero attached hydrogens (tertiary/aromatic N) is 1. The Labute approximate surface area is 192 Å². The van der Waals surface area contributed by atoms with Crippen LogP contribution >= 0.6 is 0 Å². The molecule has 2 rings (SSSR count). The minimum Gasteiger partial charge on any atom is -0.505 e. The number of aryl methyl sites for hydroxylation is 1. The Kier molecular flexibility index (Phi) is 8.23. The molecule has 0 bridgehead atoms. The average Bonchev–Trinajstić information content (AvgIpc) is 2.73. The molecule has 1 aromatic rings. The maximum atomic E-state index is 12.7. The van der Waals surface area contributed by atoms with Crippen LogP contribution in [0.1, 0.15) is 57.1 Å². The summed E-state index contributed by atoms with van der Waals surface area (Å²) in [5, 5.41) is 15.1. The van der Waals surface area contributed by atoms with Gasteiger partial charge in [-0.25, -0.2) is 14.6 Å². The van der Waals surface area contributed by atoms with Gasteiger partial charge in [0.1, 0.15) is 18.5 Å². The fourth-order valence-electron chi connectivity index (χ4n) is 3.21. The molecule has 2 heterocycles. The number of aromatic hydroxyl groups is 1. The van der Waals surface area contributed by atoms with E-state index >= 15 is 0 Å². The Morgan fingerprint density at radius 3 is 2.55 bits per heavy atom. The van der Waals surface area contributed by atoms with Gasteiger partial charge in [0.05, 0.1) is 5.92 Å². The first kappa shape index (κ1) is 25.9. The molecule has 2 amide bonds. The highest BCUT2D eigenvalue weighted by Crippen LogP contribution is 2.23. The van der Waals surface area contributed by atoms with Gasteiger partial charge >= 0.3 is 18.0 Å². The zero-order chi connectivity index (χ0) is 24.9. The van der Waals surface area contributed by atoms with E-state index in [4.69, 9.17) is 14.2 Å². The summed E-state index contributed by atoms with van der Waals surface area (Å²) in [5.41, 5.74) is -0.442. The van der Waals surface area contributed by atoms with Crippen LogP contribution in [0.2, 0.25) is 0 Å². The monoisotopic (exact) mass is 465 g/mol. The summed E-state index contributed by atoms with van der Waals surface area (Å²) in [5.74, 6) is -3.66. The third kappa shape index (κ3) is 6.80. The number of aromatic nitrogens is 1. The van der Waals surface area contributed by atoms with E-state index in [0.29, 0.717) is 5.56 Å². The Balaban J connectivity index is 2.22. The molecule has 0 spiro atoms. The van der Waals surface area contributed by atoms with Crippen LogP contribution in [0.4, 0.5) is 4.79 Å². The molecule has 11 heteroatoms. The van der Waals surface area contributed by atoms with Crippen molar-refractivity contribution in [2.24, 2.45) is 5.92 Å². The number of alkyl carbamates (subject to hydrolysis) is 1. The molecule has 33 heavy (non-hydrogen) atoms. The lowest BCUT2D eigenvalue weighted by Gasteiger charge is -2.30. The Hall–Kier alpha value is -3.37. The number of pyridine rings is 1. The van der Waals surface area contributed by atoms with Gasteiger partial charge in [-0.3, -0.25) is 9.59 Å². The van der Waals surface area contributed by atoms with Gasteiger partial charge in [0.15, 0.2) is 17.8 Å². The number of cyclic esters (lactones) is 2. The second-order valence-electron chi connectivity index (χ2n) is 8.88. The van der Waals surface area contributed by atoms with Crippen molar-refractivity contribution in [2.75, 3.05) is 6.61 Å². The zero-order valence-electron chi connectivity index (χ0n) is 19.6. The van der Waals surface area contributed by atoms with Gasteiger partial charge in [-0.15, -0.1) is 0 Å². The van der Waals surface area contributed by atoms with Crippen molar-refractivity contribution in [1.82, 2.24) is 15.6 Å². The summed E-state index contributed by atoms with van der Waals surface area (Å²) in [7, 11) is 0. The summed E-state index contributed by atoms with van der Waals surface area (Å²) in [6.07, 6.45) is -1.29. The highest BCUT2D eigenvalue weighted by atomic mass is 16.6. The van der Waals surface area contributed by atoms with Crippen LogP contribution in [0.15, 0.2) is 12.3 Å². The number of rotatable bonds is 4. The molecule has 1 saturated heterocycles. The lowest BCUT2D eigenvalue weighted by molar-refractivity contribution is -0.159.